The fourth-order valence-electron chi connectivity index (χ4n) is 2.48. The number of nitrogen functional groups attached to an aromatic ring is 1. The Morgan fingerprint density at radius 2 is 2.05 bits per heavy atom. The monoisotopic (exact) mass is 375 g/mol. The van der Waals surface area contributed by atoms with Crippen molar-refractivity contribution in [3.63, 3.8) is 0 Å². The second kappa shape index (κ2) is 7.09. The van der Waals surface area contributed by atoms with Gasteiger partial charge < -0.3 is 10.6 Å². The summed E-state index contributed by atoms with van der Waals surface area (Å²) < 4.78 is 27.8. The van der Waals surface area contributed by atoms with Gasteiger partial charge in [0.15, 0.2) is 0 Å². The normalized spacial score (nSPS) is 18.0. The Kier molecular flexibility index (Phi) is 5.65. The Balaban J connectivity index is 1.92. The molecule has 1 aromatic carbocycles. The molecule has 5 nitrogen and oxygen atoms in total. The number of hydrogen-bond donors (Lipinski definition) is 2. The van der Waals surface area contributed by atoms with Gasteiger partial charge in [0.1, 0.15) is 0 Å². The fourth-order valence-corrected chi connectivity index (χ4v) is 4.20. The van der Waals surface area contributed by atoms with Crippen LogP contribution in [0.4, 0.5) is 5.69 Å². The van der Waals surface area contributed by atoms with Gasteiger partial charge in [0, 0.05) is 23.2 Å². The summed E-state index contributed by atoms with van der Waals surface area (Å²) in [5.41, 5.74) is 6.20. The van der Waals surface area contributed by atoms with Crippen LogP contribution in [0.15, 0.2) is 27.6 Å². The van der Waals surface area contributed by atoms with Gasteiger partial charge in [-0.1, -0.05) is 6.92 Å². The zero-order chi connectivity index (χ0) is 15.5. The predicted molar refractivity (Wildman–Crippen MR) is 88.6 cm³/mol. The minimum atomic E-state index is -3.48. The molecule has 3 N–H and O–H groups in total. The van der Waals surface area contributed by atoms with Crippen molar-refractivity contribution in [1.82, 2.24) is 9.62 Å². The predicted octanol–water partition coefficient (Wildman–Crippen LogP) is 2.04. The molecule has 1 saturated heterocycles. The van der Waals surface area contributed by atoms with Crippen LogP contribution >= 0.6 is 15.9 Å². The lowest BCUT2D eigenvalue weighted by Crippen LogP contribution is -2.34. The summed E-state index contributed by atoms with van der Waals surface area (Å²) in [4.78, 5) is 2.62. The van der Waals surface area contributed by atoms with Crippen molar-refractivity contribution in [2.24, 2.45) is 5.92 Å². The minimum absolute atomic E-state index is 0.233. The van der Waals surface area contributed by atoms with Crippen molar-refractivity contribution in [1.29, 1.82) is 0 Å². The number of nitrogens with zero attached hydrogens (tertiary/aromatic N) is 1. The van der Waals surface area contributed by atoms with E-state index in [2.05, 4.69) is 32.5 Å². The molecule has 0 aromatic heterocycles. The standard InChI is InChI=1S/C14H22BrN3O2S/c1-11(10-18-6-2-3-7-18)9-17-21(19,20)12-4-5-14(16)13(15)8-12/h4-5,8,11,17H,2-3,6-7,9-10,16H2,1H3. The van der Waals surface area contributed by atoms with Gasteiger partial charge >= 0.3 is 0 Å². The maximum Gasteiger partial charge on any atom is 0.240 e. The third kappa shape index (κ3) is 4.67. The number of benzene rings is 1. The van der Waals surface area contributed by atoms with Crippen molar-refractivity contribution >= 4 is 31.6 Å². The van der Waals surface area contributed by atoms with Crippen LogP contribution in [0.1, 0.15) is 19.8 Å². The summed E-state index contributed by atoms with van der Waals surface area (Å²) >= 11 is 3.25. The Morgan fingerprint density at radius 1 is 1.38 bits per heavy atom. The van der Waals surface area contributed by atoms with E-state index in [1.54, 1.807) is 6.07 Å². The molecule has 21 heavy (non-hydrogen) atoms. The summed E-state index contributed by atoms with van der Waals surface area (Å²) in [6.07, 6.45) is 2.50. The summed E-state index contributed by atoms with van der Waals surface area (Å²) in [6, 6.07) is 4.64. The third-order valence-electron chi connectivity index (χ3n) is 3.67. The Hall–Kier alpha value is -0.630. The summed E-state index contributed by atoms with van der Waals surface area (Å²) in [5, 5.41) is 0. The highest BCUT2D eigenvalue weighted by Gasteiger charge is 2.18. The fraction of sp³-hybridized carbons (Fsp3) is 0.571. The van der Waals surface area contributed by atoms with Crippen LogP contribution in [0.25, 0.3) is 0 Å². The van der Waals surface area contributed by atoms with E-state index in [0.717, 1.165) is 19.6 Å². The zero-order valence-corrected chi connectivity index (χ0v) is 14.6. The largest absolute Gasteiger partial charge is 0.398 e. The SMILES string of the molecule is CC(CNS(=O)(=O)c1ccc(N)c(Br)c1)CN1CCCC1. The van der Waals surface area contributed by atoms with Crippen molar-refractivity contribution in [3.05, 3.63) is 22.7 Å². The molecule has 7 heteroatoms. The second-order valence-corrected chi connectivity index (χ2v) is 8.27. The van der Waals surface area contributed by atoms with E-state index >= 15 is 0 Å². The lowest BCUT2D eigenvalue weighted by molar-refractivity contribution is 0.288. The number of anilines is 1. The Labute approximate surface area is 135 Å². The second-order valence-electron chi connectivity index (χ2n) is 5.65. The molecule has 1 aliphatic heterocycles. The topological polar surface area (TPSA) is 75.4 Å². The molecular formula is C14H22BrN3O2S. The van der Waals surface area contributed by atoms with Crippen LogP contribution in [0.3, 0.4) is 0 Å². The van der Waals surface area contributed by atoms with Gasteiger partial charge in [0.05, 0.1) is 4.90 Å². The van der Waals surface area contributed by atoms with Gasteiger partial charge in [-0.2, -0.15) is 0 Å². The van der Waals surface area contributed by atoms with Gasteiger partial charge in [-0.25, -0.2) is 13.1 Å². The number of nitrogens with one attached hydrogen (secondary N) is 1. The van der Waals surface area contributed by atoms with Crippen LogP contribution < -0.4 is 10.5 Å². The number of likely N-dealkylation sites (tertiary alicyclic amines) is 1. The highest BCUT2D eigenvalue weighted by Crippen LogP contribution is 2.23. The lowest BCUT2D eigenvalue weighted by atomic mass is 10.2. The Bertz CT molecular complexity index is 586. The molecule has 1 heterocycles. The zero-order valence-electron chi connectivity index (χ0n) is 12.2. The molecule has 0 radical (unpaired) electrons. The number of rotatable bonds is 6. The van der Waals surface area contributed by atoms with E-state index in [0.29, 0.717) is 16.7 Å². The van der Waals surface area contributed by atoms with Crippen molar-refractivity contribution in [2.75, 3.05) is 31.9 Å². The van der Waals surface area contributed by atoms with Crippen molar-refractivity contribution in [3.8, 4) is 0 Å². The van der Waals surface area contributed by atoms with E-state index in [1.165, 1.54) is 25.0 Å². The first-order valence-electron chi connectivity index (χ1n) is 7.15. The molecule has 0 amide bonds. The molecule has 2 rings (SSSR count). The molecular weight excluding hydrogens is 354 g/mol. The van der Waals surface area contributed by atoms with E-state index in [4.69, 9.17) is 5.73 Å². The van der Waals surface area contributed by atoms with Crippen LogP contribution in [0.5, 0.6) is 0 Å². The summed E-state index contributed by atoms with van der Waals surface area (Å²) in [5.74, 6) is 0.287. The maximum atomic E-state index is 12.3. The van der Waals surface area contributed by atoms with Gasteiger partial charge in [0.25, 0.3) is 0 Å². The average Bonchev–Trinajstić information content (AvgIpc) is 2.92. The molecule has 1 fully saturated rings. The van der Waals surface area contributed by atoms with Crippen LogP contribution in [-0.4, -0.2) is 39.5 Å². The first kappa shape index (κ1) is 16.7. The molecule has 0 aliphatic carbocycles. The molecule has 1 atom stereocenters. The average molecular weight is 376 g/mol. The lowest BCUT2D eigenvalue weighted by Gasteiger charge is -2.20. The van der Waals surface area contributed by atoms with Crippen LogP contribution in [0, 0.1) is 5.92 Å². The van der Waals surface area contributed by atoms with Gasteiger partial charge in [0.2, 0.25) is 10.0 Å². The van der Waals surface area contributed by atoms with E-state index in [9.17, 15) is 8.42 Å². The molecule has 0 spiro atoms. The molecule has 1 aliphatic rings. The number of sulfonamides is 1. The van der Waals surface area contributed by atoms with Crippen LogP contribution in [0.2, 0.25) is 0 Å². The first-order valence-corrected chi connectivity index (χ1v) is 9.43. The molecule has 1 unspecified atom stereocenters. The van der Waals surface area contributed by atoms with Gasteiger partial charge in [-0.05, 0) is 66.0 Å². The third-order valence-corrected chi connectivity index (χ3v) is 5.78. The molecule has 118 valence electrons. The van der Waals surface area contributed by atoms with Gasteiger partial charge in [-0.15, -0.1) is 0 Å². The quantitative estimate of drug-likeness (QED) is 0.745. The summed E-state index contributed by atoms with van der Waals surface area (Å²) in [6.45, 7) is 5.71. The van der Waals surface area contributed by atoms with Gasteiger partial charge in [-0.3, -0.25) is 0 Å². The van der Waals surface area contributed by atoms with Crippen LogP contribution in [-0.2, 0) is 10.0 Å². The van der Waals surface area contributed by atoms with Crippen molar-refractivity contribution < 1.29 is 8.42 Å². The number of hydrogen-bond acceptors (Lipinski definition) is 4. The Morgan fingerprint density at radius 3 is 2.67 bits per heavy atom. The number of nitrogens with two attached hydrogens (primary N) is 1. The molecule has 1 aromatic rings. The van der Waals surface area contributed by atoms with E-state index in [-0.39, 0.29) is 10.8 Å². The van der Waals surface area contributed by atoms with Crippen molar-refractivity contribution in [2.45, 2.75) is 24.7 Å². The highest BCUT2D eigenvalue weighted by molar-refractivity contribution is 9.10. The first-order chi connectivity index (χ1) is 9.88. The summed E-state index contributed by atoms with van der Waals surface area (Å²) in [7, 11) is -3.48. The molecule has 0 saturated carbocycles. The molecule has 0 bridgehead atoms. The number of halogens is 1. The van der Waals surface area contributed by atoms with E-state index in [1.807, 2.05) is 0 Å². The van der Waals surface area contributed by atoms with E-state index < -0.39 is 10.0 Å². The minimum Gasteiger partial charge on any atom is -0.398 e. The maximum absolute atomic E-state index is 12.3. The highest BCUT2D eigenvalue weighted by atomic mass is 79.9. The smallest absolute Gasteiger partial charge is 0.240 e.